The fourth-order valence-electron chi connectivity index (χ4n) is 1.03. The zero-order chi connectivity index (χ0) is 13.2. The molecule has 0 aromatic carbocycles. The van der Waals surface area contributed by atoms with Crippen LogP contribution in [-0.2, 0) is 5.33 Å². The minimum absolute atomic E-state index is 0.215. The number of hydrogen-bond acceptors (Lipinski definition) is 4. The van der Waals surface area contributed by atoms with E-state index in [0.717, 1.165) is 6.20 Å². The predicted octanol–water partition coefficient (Wildman–Crippen LogP) is 2.28. The third kappa shape index (κ3) is 3.22. The van der Waals surface area contributed by atoms with Gasteiger partial charge in [-0.2, -0.15) is 0 Å². The first-order valence-electron chi connectivity index (χ1n) is 4.02. The van der Waals surface area contributed by atoms with Gasteiger partial charge in [-0.05, 0) is 0 Å². The average Bonchev–Trinajstić information content (AvgIpc) is 2.15. The molecule has 5 nitrogen and oxygen atoms in total. The second-order valence-corrected chi connectivity index (χ2v) is 3.35. The maximum atomic E-state index is 12.1. The van der Waals surface area contributed by atoms with Crippen molar-refractivity contribution in [2.75, 3.05) is 0 Å². The lowest BCUT2D eigenvalue weighted by Gasteiger charge is -2.14. The van der Waals surface area contributed by atoms with Gasteiger partial charge in [0.15, 0.2) is 11.4 Å². The van der Waals surface area contributed by atoms with Gasteiger partial charge in [0.2, 0.25) is 0 Å². The predicted molar refractivity (Wildman–Crippen MR) is 52.2 cm³/mol. The highest BCUT2D eigenvalue weighted by Gasteiger charge is 2.35. The molecule has 0 unspecified atom stereocenters. The van der Waals surface area contributed by atoms with Crippen LogP contribution in [0, 0.1) is 0 Å². The van der Waals surface area contributed by atoms with Gasteiger partial charge in [0.1, 0.15) is 5.75 Å². The molecule has 1 aromatic rings. The number of carboxylic acids is 1. The molecule has 0 aliphatic heterocycles. The van der Waals surface area contributed by atoms with Crippen molar-refractivity contribution >= 4 is 21.9 Å². The maximum absolute atomic E-state index is 12.1. The SMILES string of the molecule is O=C(O)c1ncc(O)c(CBr)c1OC(F)(F)F. The Morgan fingerprint density at radius 3 is 2.53 bits per heavy atom. The van der Waals surface area contributed by atoms with Gasteiger partial charge in [0.25, 0.3) is 0 Å². The molecule has 9 heteroatoms. The van der Waals surface area contributed by atoms with Gasteiger partial charge in [0, 0.05) is 5.33 Å². The van der Waals surface area contributed by atoms with Crippen molar-refractivity contribution in [2.24, 2.45) is 0 Å². The summed E-state index contributed by atoms with van der Waals surface area (Å²) in [5.41, 5.74) is -1.26. The number of carboxylic acid groups (broad SMARTS) is 1. The maximum Gasteiger partial charge on any atom is 0.573 e. The summed E-state index contributed by atoms with van der Waals surface area (Å²) in [4.78, 5) is 13.9. The van der Waals surface area contributed by atoms with Gasteiger partial charge >= 0.3 is 12.3 Å². The Bertz CT molecular complexity index is 449. The van der Waals surface area contributed by atoms with Crippen LogP contribution in [0.4, 0.5) is 13.2 Å². The molecule has 0 radical (unpaired) electrons. The first-order chi connectivity index (χ1) is 7.76. The molecule has 0 amide bonds. The number of nitrogens with zero attached hydrogens (tertiary/aromatic N) is 1. The largest absolute Gasteiger partial charge is 0.573 e. The molecule has 0 fully saturated rings. The number of aromatic carboxylic acids is 1. The number of ether oxygens (including phenoxy) is 1. The summed E-state index contributed by atoms with van der Waals surface area (Å²) in [5.74, 6) is -3.31. The third-order valence-corrected chi connectivity index (χ3v) is 2.23. The van der Waals surface area contributed by atoms with E-state index in [-0.39, 0.29) is 10.9 Å². The van der Waals surface area contributed by atoms with E-state index in [2.05, 4.69) is 25.7 Å². The van der Waals surface area contributed by atoms with Crippen molar-refractivity contribution in [3.8, 4) is 11.5 Å². The van der Waals surface area contributed by atoms with E-state index in [1.165, 1.54) is 0 Å². The number of alkyl halides is 4. The Balaban J connectivity index is 3.39. The minimum atomic E-state index is -5.07. The van der Waals surface area contributed by atoms with E-state index < -0.39 is 29.5 Å². The van der Waals surface area contributed by atoms with Gasteiger partial charge in [-0.25, -0.2) is 9.78 Å². The van der Waals surface area contributed by atoms with Crippen LogP contribution in [0.15, 0.2) is 6.20 Å². The van der Waals surface area contributed by atoms with E-state index >= 15 is 0 Å². The van der Waals surface area contributed by atoms with Gasteiger partial charge in [-0.3, -0.25) is 0 Å². The van der Waals surface area contributed by atoms with Crippen molar-refractivity contribution < 1.29 is 32.9 Å². The fourth-order valence-corrected chi connectivity index (χ4v) is 1.57. The van der Waals surface area contributed by atoms with Crippen molar-refractivity contribution in [1.82, 2.24) is 4.98 Å². The molecule has 0 spiro atoms. The summed E-state index contributed by atoms with van der Waals surface area (Å²) in [6.07, 6.45) is -4.33. The van der Waals surface area contributed by atoms with E-state index in [0.29, 0.717) is 0 Å². The Hall–Kier alpha value is -1.51. The van der Waals surface area contributed by atoms with Crippen molar-refractivity contribution in [3.63, 3.8) is 0 Å². The summed E-state index contributed by atoms with van der Waals surface area (Å²) < 4.78 is 39.8. The second kappa shape index (κ2) is 4.78. The fraction of sp³-hybridized carbons (Fsp3) is 0.250. The first kappa shape index (κ1) is 13.6. The van der Waals surface area contributed by atoms with Gasteiger partial charge < -0.3 is 14.9 Å². The van der Waals surface area contributed by atoms with Crippen LogP contribution in [0.1, 0.15) is 16.1 Å². The number of rotatable bonds is 3. The molecule has 1 aromatic heterocycles. The molecule has 0 saturated carbocycles. The molecule has 17 heavy (non-hydrogen) atoms. The lowest BCUT2D eigenvalue weighted by molar-refractivity contribution is -0.275. The standard InChI is InChI=1S/C8H5BrF3NO4/c9-1-3-4(14)2-13-5(7(15)16)6(3)17-8(10,11)12/h2,14H,1H2,(H,15,16). The highest BCUT2D eigenvalue weighted by Crippen LogP contribution is 2.35. The molecule has 1 heterocycles. The first-order valence-corrected chi connectivity index (χ1v) is 5.14. The highest BCUT2D eigenvalue weighted by atomic mass is 79.9. The lowest BCUT2D eigenvalue weighted by Crippen LogP contribution is -2.20. The molecule has 0 atom stereocenters. The summed E-state index contributed by atoms with van der Waals surface area (Å²) in [5, 5.41) is 17.7. The summed E-state index contributed by atoms with van der Waals surface area (Å²) in [7, 11) is 0. The Morgan fingerprint density at radius 1 is 1.53 bits per heavy atom. The Morgan fingerprint density at radius 2 is 2.12 bits per heavy atom. The zero-order valence-electron chi connectivity index (χ0n) is 7.95. The van der Waals surface area contributed by atoms with Crippen LogP contribution in [0.5, 0.6) is 11.5 Å². The van der Waals surface area contributed by atoms with Gasteiger partial charge in [-0.15, -0.1) is 13.2 Å². The third-order valence-electron chi connectivity index (χ3n) is 1.67. The summed E-state index contributed by atoms with van der Waals surface area (Å²) >= 11 is 2.82. The van der Waals surface area contributed by atoms with Crippen molar-refractivity contribution in [2.45, 2.75) is 11.7 Å². The Labute approximate surface area is 101 Å². The quantitative estimate of drug-likeness (QED) is 0.836. The topological polar surface area (TPSA) is 79.7 Å². The van der Waals surface area contributed by atoms with Crippen LogP contribution >= 0.6 is 15.9 Å². The molecule has 0 saturated heterocycles. The molecule has 0 aliphatic rings. The molecule has 94 valence electrons. The van der Waals surface area contributed by atoms with Crippen LogP contribution in [0.25, 0.3) is 0 Å². The average molecular weight is 316 g/mol. The highest BCUT2D eigenvalue weighted by molar-refractivity contribution is 9.08. The van der Waals surface area contributed by atoms with Crippen LogP contribution in [0.3, 0.4) is 0 Å². The Kier molecular flexibility index (Phi) is 3.81. The summed E-state index contributed by atoms with van der Waals surface area (Å²) in [6.45, 7) is 0. The van der Waals surface area contributed by atoms with Crippen molar-refractivity contribution in [3.05, 3.63) is 17.5 Å². The number of halogens is 4. The van der Waals surface area contributed by atoms with E-state index in [4.69, 9.17) is 5.11 Å². The van der Waals surface area contributed by atoms with Crippen LogP contribution in [0.2, 0.25) is 0 Å². The number of hydrogen-bond donors (Lipinski definition) is 2. The molecule has 0 aliphatic carbocycles. The molecular formula is C8H5BrF3NO4. The number of pyridine rings is 1. The molecular weight excluding hydrogens is 311 g/mol. The molecule has 2 N–H and O–H groups in total. The molecule has 0 bridgehead atoms. The number of aromatic hydroxyl groups is 1. The summed E-state index contributed by atoms with van der Waals surface area (Å²) in [6, 6.07) is 0. The van der Waals surface area contributed by atoms with Crippen LogP contribution in [-0.4, -0.2) is 27.5 Å². The van der Waals surface area contributed by atoms with E-state index in [9.17, 15) is 23.1 Å². The number of carbonyl (C=O) groups is 1. The van der Waals surface area contributed by atoms with Crippen LogP contribution < -0.4 is 4.74 Å². The monoisotopic (exact) mass is 315 g/mol. The van der Waals surface area contributed by atoms with E-state index in [1.54, 1.807) is 0 Å². The zero-order valence-corrected chi connectivity index (χ0v) is 9.54. The smallest absolute Gasteiger partial charge is 0.506 e. The molecule has 1 rings (SSSR count). The van der Waals surface area contributed by atoms with Crippen molar-refractivity contribution in [1.29, 1.82) is 0 Å². The second-order valence-electron chi connectivity index (χ2n) is 2.79. The lowest BCUT2D eigenvalue weighted by atomic mass is 10.2. The van der Waals surface area contributed by atoms with Gasteiger partial charge in [-0.1, -0.05) is 15.9 Å². The van der Waals surface area contributed by atoms with Gasteiger partial charge in [0.05, 0.1) is 11.8 Å². The normalized spacial score (nSPS) is 11.3. The number of aromatic nitrogens is 1. The minimum Gasteiger partial charge on any atom is -0.506 e. The van der Waals surface area contributed by atoms with E-state index in [1.807, 2.05) is 0 Å².